The van der Waals surface area contributed by atoms with Crippen molar-refractivity contribution in [2.24, 2.45) is 0 Å². The second-order valence-electron chi connectivity index (χ2n) is 9.97. The third-order valence-corrected chi connectivity index (χ3v) is 7.94. The normalized spacial score (nSPS) is 16.2. The molecule has 1 aliphatic rings. The highest BCUT2D eigenvalue weighted by molar-refractivity contribution is 7.86. The summed E-state index contributed by atoms with van der Waals surface area (Å²) in [4.78, 5) is 25.5. The van der Waals surface area contributed by atoms with E-state index in [0.29, 0.717) is 31.6 Å². The van der Waals surface area contributed by atoms with Crippen molar-refractivity contribution in [3.8, 4) is 0 Å². The van der Waals surface area contributed by atoms with Gasteiger partial charge in [0, 0.05) is 62.0 Å². The number of benzene rings is 2. The van der Waals surface area contributed by atoms with E-state index in [4.69, 9.17) is 4.74 Å². The molecule has 2 heterocycles. The molecule has 11 nitrogen and oxygen atoms in total. The van der Waals surface area contributed by atoms with Crippen LogP contribution in [0.1, 0.15) is 37.5 Å². The van der Waals surface area contributed by atoms with Crippen LogP contribution in [0.15, 0.2) is 48.7 Å². The Labute approximate surface area is 215 Å². The molecule has 1 aromatic heterocycles. The van der Waals surface area contributed by atoms with Crippen molar-refractivity contribution in [2.45, 2.75) is 45.9 Å². The molecule has 12 heteroatoms. The maximum absolute atomic E-state index is 13.1. The highest BCUT2D eigenvalue weighted by atomic mass is 32.2. The van der Waals surface area contributed by atoms with Crippen LogP contribution in [0.3, 0.4) is 0 Å². The second kappa shape index (κ2) is 10.5. The molecule has 1 amide bonds. The lowest BCUT2D eigenvalue weighted by Crippen LogP contribution is -2.33. The van der Waals surface area contributed by atoms with Gasteiger partial charge in [-0.2, -0.15) is 17.0 Å². The van der Waals surface area contributed by atoms with Gasteiger partial charge in [-0.05, 0) is 56.0 Å². The fourth-order valence-corrected chi connectivity index (χ4v) is 5.79. The van der Waals surface area contributed by atoms with E-state index in [1.807, 2.05) is 45.2 Å². The van der Waals surface area contributed by atoms with Crippen molar-refractivity contribution in [1.82, 2.24) is 18.9 Å². The Hall–Kier alpha value is -3.48. The highest BCUT2D eigenvalue weighted by Crippen LogP contribution is 2.25. The molecule has 0 atom stereocenters. The average molecular weight is 530 g/mol. The summed E-state index contributed by atoms with van der Waals surface area (Å²) in [6.07, 6.45) is 2.02. The standard InChI is InChI=1S/C25H31N5O6S/c1-25(2,3)36-24(31)26-11-10-20-15-27-23-9-6-19(14-22(20)23)17-29-13-12-28(37(29,34)35)16-18-4-7-21(8-5-18)30(32)33/h4-9,14-15,27H,10-13,16-17H2,1-3H3,(H,26,31). The largest absolute Gasteiger partial charge is 0.444 e. The third-order valence-electron chi connectivity index (χ3n) is 6.01. The van der Waals surface area contributed by atoms with Crippen molar-refractivity contribution < 1.29 is 22.9 Å². The van der Waals surface area contributed by atoms with Crippen LogP contribution in [0, 0.1) is 10.1 Å². The molecule has 0 saturated carbocycles. The Morgan fingerprint density at radius 1 is 1.08 bits per heavy atom. The molecule has 37 heavy (non-hydrogen) atoms. The Kier molecular flexibility index (Phi) is 7.53. The van der Waals surface area contributed by atoms with Gasteiger partial charge in [-0.15, -0.1) is 0 Å². The first-order chi connectivity index (χ1) is 17.4. The number of carbonyl (C=O) groups excluding carboxylic acids is 1. The van der Waals surface area contributed by atoms with Crippen LogP contribution in [0.25, 0.3) is 10.9 Å². The van der Waals surface area contributed by atoms with Crippen molar-refractivity contribution in [3.63, 3.8) is 0 Å². The monoisotopic (exact) mass is 529 g/mol. The molecule has 0 unspecified atom stereocenters. The molecule has 3 aromatic rings. The van der Waals surface area contributed by atoms with Crippen LogP contribution in [-0.2, 0) is 34.5 Å². The van der Waals surface area contributed by atoms with Crippen LogP contribution in [0.5, 0.6) is 0 Å². The van der Waals surface area contributed by atoms with E-state index in [0.717, 1.165) is 22.0 Å². The molecule has 0 spiro atoms. The molecule has 2 N–H and O–H groups in total. The molecule has 4 rings (SSSR count). The number of carbonyl (C=O) groups is 1. The molecule has 0 bridgehead atoms. The molecule has 0 radical (unpaired) electrons. The molecule has 1 saturated heterocycles. The summed E-state index contributed by atoms with van der Waals surface area (Å²) in [5, 5.41) is 14.6. The minimum absolute atomic E-state index is 0.0326. The van der Waals surface area contributed by atoms with E-state index < -0.39 is 26.8 Å². The number of aromatic nitrogens is 1. The van der Waals surface area contributed by atoms with E-state index in [2.05, 4.69) is 10.3 Å². The lowest BCUT2D eigenvalue weighted by atomic mass is 10.1. The lowest BCUT2D eigenvalue weighted by Gasteiger charge is -2.19. The van der Waals surface area contributed by atoms with Crippen molar-refractivity contribution in [2.75, 3.05) is 19.6 Å². The van der Waals surface area contributed by atoms with E-state index in [-0.39, 0.29) is 18.8 Å². The van der Waals surface area contributed by atoms with Crippen molar-refractivity contribution in [1.29, 1.82) is 0 Å². The van der Waals surface area contributed by atoms with Crippen LogP contribution in [-0.4, -0.2) is 58.3 Å². The minimum Gasteiger partial charge on any atom is -0.444 e. The number of nitrogens with zero attached hydrogens (tertiary/aromatic N) is 3. The summed E-state index contributed by atoms with van der Waals surface area (Å²) in [6, 6.07) is 11.7. The summed E-state index contributed by atoms with van der Waals surface area (Å²) in [5.74, 6) is 0. The van der Waals surface area contributed by atoms with Crippen LogP contribution in [0.2, 0.25) is 0 Å². The minimum atomic E-state index is -3.68. The molecule has 1 aliphatic heterocycles. The highest BCUT2D eigenvalue weighted by Gasteiger charge is 2.36. The quantitative estimate of drug-likeness (QED) is 0.337. The van der Waals surface area contributed by atoms with Crippen LogP contribution >= 0.6 is 0 Å². The van der Waals surface area contributed by atoms with Gasteiger partial charge in [0.2, 0.25) is 0 Å². The van der Waals surface area contributed by atoms with Gasteiger partial charge in [0.15, 0.2) is 0 Å². The van der Waals surface area contributed by atoms with Crippen molar-refractivity contribution >= 4 is 32.9 Å². The maximum atomic E-state index is 13.1. The number of aromatic amines is 1. The van der Waals surface area contributed by atoms with E-state index in [1.54, 1.807) is 12.1 Å². The van der Waals surface area contributed by atoms with Gasteiger partial charge >= 0.3 is 6.09 Å². The van der Waals surface area contributed by atoms with Gasteiger partial charge in [0.05, 0.1) is 4.92 Å². The zero-order chi connectivity index (χ0) is 26.8. The number of rotatable bonds is 8. The third kappa shape index (κ3) is 6.45. The van der Waals surface area contributed by atoms with Crippen LogP contribution < -0.4 is 5.32 Å². The summed E-state index contributed by atoms with van der Waals surface area (Å²) >= 11 is 0. The number of ether oxygens (including phenoxy) is 1. The molecular weight excluding hydrogens is 498 g/mol. The number of nitro groups is 1. The zero-order valence-corrected chi connectivity index (χ0v) is 21.9. The molecule has 0 aliphatic carbocycles. The molecular formula is C25H31N5O6S. The predicted molar refractivity (Wildman–Crippen MR) is 139 cm³/mol. The Morgan fingerprint density at radius 2 is 1.70 bits per heavy atom. The van der Waals surface area contributed by atoms with Crippen LogP contribution in [0.4, 0.5) is 10.5 Å². The summed E-state index contributed by atoms with van der Waals surface area (Å²) < 4.78 is 34.4. The van der Waals surface area contributed by atoms with Gasteiger partial charge in [-0.1, -0.05) is 18.2 Å². The number of amides is 1. The number of hydrogen-bond donors (Lipinski definition) is 2. The first-order valence-electron chi connectivity index (χ1n) is 12.0. The van der Waals surface area contributed by atoms with E-state index in [1.165, 1.54) is 20.7 Å². The first-order valence-corrected chi connectivity index (χ1v) is 13.4. The smallest absolute Gasteiger partial charge is 0.407 e. The number of non-ortho nitro benzene ring substituents is 1. The summed E-state index contributed by atoms with van der Waals surface area (Å²) in [7, 11) is -3.68. The summed E-state index contributed by atoms with van der Waals surface area (Å²) in [6.45, 7) is 6.92. The molecule has 198 valence electrons. The first kappa shape index (κ1) is 26.6. The number of nitrogens with one attached hydrogen (secondary N) is 2. The number of nitro benzene ring substituents is 1. The van der Waals surface area contributed by atoms with Gasteiger partial charge < -0.3 is 15.0 Å². The van der Waals surface area contributed by atoms with Crippen molar-refractivity contribution in [3.05, 3.63) is 75.5 Å². The average Bonchev–Trinajstić information content (AvgIpc) is 3.33. The zero-order valence-electron chi connectivity index (χ0n) is 21.1. The number of alkyl carbamates (subject to hydrolysis) is 1. The van der Waals surface area contributed by atoms with Gasteiger partial charge in [-0.3, -0.25) is 10.1 Å². The Morgan fingerprint density at radius 3 is 2.32 bits per heavy atom. The van der Waals surface area contributed by atoms with E-state index >= 15 is 0 Å². The topological polar surface area (TPSA) is 138 Å². The second-order valence-corrected chi connectivity index (χ2v) is 11.9. The number of H-pyrrole nitrogens is 1. The fraction of sp³-hybridized carbons (Fsp3) is 0.400. The molecule has 2 aromatic carbocycles. The van der Waals surface area contributed by atoms with Gasteiger partial charge in [0.1, 0.15) is 5.60 Å². The SMILES string of the molecule is CC(C)(C)OC(=O)NCCc1c[nH]c2ccc(CN3CCN(Cc4ccc([N+](=O)[O-])cc4)S3(=O)=O)cc12. The lowest BCUT2D eigenvalue weighted by molar-refractivity contribution is -0.384. The molecule has 1 fully saturated rings. The van der Waals surface area contributed by atoms with Gasteiger partial charge in [0.25, 0.3) is 15.9 Å². The Bertz CT molecular complexity index is 1400. The van der Waals surface area contributed by atoms with Gasteiger partial charge in [-0.25, -0.2) is 4.79 Å². The number of hydrogen-bond acceptors (Lipinski definition) is 6. The predicted octanol–water partition coefficient (Wildman–Crippen LogP) is 3.71. The number of fused-ring (bicyclic) bond motifs is 1. The fourth-order valence-electron chi connectivity index (χ4n) is 4.21. The van der Waals surface area contributed by atoms with E-state index in [9.17, 15) is 23.3 Å². The Balaban J connectivity index is 1.40. The maximum Gasteiger partial charge on any atom is 0.407 e. The summed E-state index contributed by atoms with van der Waals surface area (Å²) in [5.41, 5.74) is 2.89.